The Morgan fingerprint density at radius 3 is 2.00 bits per heavy atom. The highest BCUT2D eigenvalue weighted by atomic mass is 35.5. The molecule has 24 heavy (non-hydrogen) atoms. The molecule has 0 aromatic heterocycles. The first-order chi connectivity index (χ1) is 11.0. The van der Waals surface area contributed by atoms with Crippen molar-refractivity contribution in [3.8, 4) is 0 Å². The minimum absolute atomic E-state index is 0.185. The first-order valence-corrected chi connectivity index (χ1v) is 8.08. The molecular weight excluding hydrogens is 355 g/mol. The van der Waals surface area contributed by atoms with Gasteiger partial charge in [-0.15, -0.1) is 23.2 Å². The van der Waals surface area contributed by atoms with E-state index < -0.39 is 27.7 Å². The quantitative estimate of drug-likeness (QED) is 0.614. The minimum atomic E-state index is -1.14. The van der Waals surface area contributed by atoms with Crippen LogP contribution < -0.4 is 10.6 Å². The second-order valence-electron chi connectivity index (χ2n) is 6.01. The lowest BCUT2D eigenvalue weighted by atomic mass is 10.1. The van der Waals surface area contributed by atoms with Crippen LogP contribution in [0.4, 0.5) is 11.4 Å². The highest BCUT2D eigenvalue weighted by Crippen LogP contribution is 2.64. The molecule has 0 heterocycles. The number of amides is 2. The van der Waals surface area contributed by atoms with Crippen molar-refractivity contribution in [3.05, 3.63) is 24.3 Å². The summed E-state index contributed by atoms with van der Waals surface area (Å²) >= 11 is 11.8. The molecule has 1 aromatic carbocycles. The summed E-state index contributed by atoms with van der Waals surface area (Å²) in [5.74, 6) is -1.26. The second-order valence-corrected chi connectivity index (χ2v) is 7.49. The third-order valence-electron chi connectivity index (χ3n) is 3.83. The summed E-state index contributed by atoms with van der Waals surface area (Å²) in [6, 6.07) is 6.55. The molecule has 2 N–H and O–H groups in total. The van der Waals surface area contributed by atoms with Gasteiger partial charge >= 0.3 is 5.97 Å². The van der Waals surface area contributed by atoms with Gasteiger partial charge in [0.2, 0.25) is 5.91 Å². The van der Waals surface area contributed by atoms with Crippen LogP contribution in [0.5, 0.6) is 0 Å². The van der Waals surface area contributed by atoms with Crippen molar-refractivity contribution in [1.29, 1.82) is 0 Å². The molecule has 2 amide bonds. The Morgan fingerprint density at radius 2 is 1.58 bits per heavy atom. The molecular formula is C16H18Cl2N2O4. The van der Waals surface area contributed by atoms with Crippen molar-refractivity contribution < 1.29 is 19.1 Å². The third-order valence-corrected chi connectivity index (χ3v) is 4.94. The van der Waals surface area contributed by atoms with Crippen molar-refractivity contribution in [3.63, 3.8) is 0 Å². The maximum atomic E-state index is 12.1. The van der Waals surface area contributed by atoms with Gasteiger partial charge in [0, 0.05) is 24.7 Å². The lowest BCUT2D eigenvalue weighted by molar-refractivity contribution is -0.158. The van der Waals surface area contributed by atoms with Gasteiger partial charge in [0.05, 0.1) is 0 Å². The summed E-state index contributed by atoms with van der Waals surface area (Å²) in [5, 5.41) is 5.24. The highest BCUT2D eigenvalue weighted by molar-refractivity contribution is 6.53. The van der Waals surface area contributed by atoms with Gasteiger partial charge < -0.3 is 15.4 Å². The first kappa shape index (κ1) is 18.5. The zero-order chi connectivity index (χ0) is 18.1. The summed E-state index contributed by atoms with van der Waals surface area (Å²) < 4.78 is 4.01. The SMILES string of the molecule is CC(=O)Nc1ccc(NC(=O)[C@H](C)OC(=O)[C@]2(C)CC2(Cl)Cl)cc1. The van der Waals surface area contributed by atoms with Gasteiger partial charge in [0.15, 0.2) is 6.10 Å². The summed E-state index contributed by atoms with van der Waals surface area (Å²) in [7, 11) is 0. The van der Waals surface area contributed by atoms with E-state index in [0.29, 0.717) is 17.8 Å². The fourth-order valence-electron chi connectivity index (χ4n) is 2.05. The molecule has 2 atom stereocenters. The molecule has 1 fully saturated rings. The monoisotopic (exact) mass is 372 g/mol. The van der Waals surface area contributed by atoms with Gasteiger partial charge in [-0.1, -0.05) is 0 Å². The Kier molecular flexibility index (Phi) is 5.11. The number of anilines is 2. The number of carbonyl (C=O) groups is 3. The Balaban J connectivity index is 1.90. The van der Waals surface area contributed by atoms with E-state index in [9.17, 15) is 14.4 Å². The molecule has 0 radical (unpaired) electrons. The zero-order valence-corrected chi connectivity index (χ0v) is 15.0. The summed E-state index contributed by atoms with van der Waals surface area (Å²) in [5.41, 5.74) is 0.144. The number of halogens is 2. The predicted octanol–water partition coefficient (Wildman–Crippen LogP) is 3.10. The molecule has 0 bridgehead atoms. The number of nitrogens with one attached hydrogen (secondary N) is 2. The number of alkyl halides is 2. The van der Waals surface area contributed by atoms with Gasteiger partial charge in [-0.3, -0.25) is 14.4 Å². The van der Waals surface area contributed by atoms with Crippen molar-refractivity contribution in [2.75, 3.05) is 10.6 Å². The van der Waals surface area contributed by atoms with Crippen LogP contribution in [0, 0.1) is 5.41 Å². The van der Waals surface area contributed by atoms with Crippen LogP contribution in [-0.4, -0.2) is 28.2 Å². The van der Waals surface area contributed by atoms with Gasteiger partial charge in [-0.05, 0) is 38.1 Å². The predicted molar refractivity (Wildman–Crippen MR) is 92.1 cm³/mol. The number of rotatable bonds is 5. The van der Waals surface area contributed by atoms with E-state index in [-0.39, 0.29) is 5.91 Å². The van der Waals surface area contributed by atoms with E-state index in [2.05, 4.69) is 10.6 Å². The molecule has 1 aliphatic carbocycles. The number of hydrogen-bond acceptors (Lipinski definition) is 4. The molecule has 1 saturated carbocycles. The molecule has 0 aliphatic heterocycles. The maximum absolute atomic E-state index is 12.1. The number of carbonyl (C=O) groups excluding carboxylic acids is 3. The van der Waals surface area contributed by atoms with Crippen LogP contribution in [-0.2, 0) is 19.1 Å². The van der Waals surface area contributed by atoms with E-state index in [1.165, 1.54) is 13.8 Å². The van der Waals surface area contributed by atoms with Crippen LogP contribution in [0.3, 0.4) is 0 Å². The Bertz CT molecular complexity index is 675. The Labute approximate surface area is 149 Å². The van der Waals surface area contributed by atoms with Crippen LogP contribution in [0.1, 0.15) is 27.2 Å². The maximum Gasteiger partial charge on any atom is 0.315 e. The van der Waals surface area contributed by atoms with Gasteiger partial charge in [0.1, 0.15) is 9.75 Å². The summed E-state index contributed by atoms with van der Waals surface area (Å²) in [6.45, 7) is 4.47. The fraction of sp³-hybridized carbons (Fsp3) is 0.438. The molecule has 2 rings (SSSR count). The third kappa shape index (κ3) is 3.99. The van der Waals surface area contributed by atoms with E-state index in [1.807, 2.05) is 0 Å². The molecule has 130 valence electrons. The van der Waals surface area contributed by atoms with Crippen LogP contribution >= 0.6 is 23.2 Å². The average molecular weight is 373 g/mol. The van der Waals surface area contributed by atoms with Crippen molar-refractivity contribution in [1.82, 2.24) is 0 Å². The number of ether oxygens (including phenoxy) is 1. The minimum Gasteiger partial charge on any atom is -0.452 e. The van der Waals surface area contributed by atoms with Crippen molar-refractivity contribution >= 4 is 52.4 Å². The number of hydrogen-bond donors (Lipinski definition) is 2. The molecule has 0 spiro atoms. The number of benzene rings is 1. The molecule has 1 aliphatic rings. The number of esters is 1. The van der Waals surface area contributed by atoms with Gasteiger partial charge in [-0.25, -0.2) is 0 Å². The summed E-state index contributed by atoms with van der Waals surface area (Å²) in [4.78, 5) is 35.1. The van der Waals surface area contributed by atoms with E-state index in [4.69, 9.17) is 27.9 Å². The standard InChI is InChI=1S/C16H18Cl2N2O4/c1-9(24-14(23)15(3)8-16(15,17)18)13(22)20-12-6-4-11(5-7-12)19-10(2)21/h4-7,9H,8H2,1-3H3,(H,19,21)(H,20,22)/t9-,15-/m0/s1. The highest BCUT2D eigenvalue weighted by Gasteiger charge is 2.69. The largest absolute Gasteiger partial charge is 0.452 e. The fourth-order valence-corrected chi connectivity index (χ4v) is 2.74. The molecule has 1 aromatic rings. The first-order valence-electron chi connectivity index (χ1n) is 7.32. The van der Waals surface area contributed by atoms with Crippen molar-refractivity contribution in [2.45, 2.75) is 37.6 Å². The van der Waals surface area contributed by atoms with E-state index in [1.54, 1.807) is 31.2 Å². The molecule has 6 nitrogen and oxygen atoms in total. The van der Waals surface area contributed by atoms with Crippen LogP contribution in [0.2, 0.25) is 0 Å². The normalized spacial score (nSPS) is 22.2. The lowest BCUT2D eigenvalue weighted by Gasteiger charge is -2.17. The van der Waals surface area contributed by atoms with Crippen molar-refractivity contribution in [2.24, 2.45) is 5.41 Å². The Morgan fingerprint density at radius 1 is 1.12 bits per heavy atom. The van der Waals surface area contributed by atoms with E-state index >= 15 is 0 Å². The second kappa shape index (κ2) is 6.61. The topological polar surface area (TPSA) is 84.5 Å². The van der Waals surface area contributed by atoms with Crippen LogP contribution in [0.15, 0.2) is 24.3 Å². The van der Waals surface area contributed by atoms with E-state index in [0.717, 1.165) is 0 Å². The van der Waals surface area contributed by atoms with Gasteiger partial charge in [-0.2, -0.15) is 0 Å². The lowest BCUT2D eigenvalue weighted by Crippen LogP contribution is -2.33. The zero-order valence-electron chi connectivity index (χ0n) is 13.5. The summed E-state index contributed by atoms with van der Waals surface area (Å²) in [6.07, 6.45) is -0.699. The average Bonchev–Trinajstić information content (AvgIpc) is 3.00. The molecule has 0 unspecified atom stereocenters. The molecule has 0 saturated heterocycles. The van der Waals surface area contributed by atoms with Crippen LogP contribution in [0.25, 0.3) is 0 Å². The van der Waals surface area contributed by atoms with Gasteiger partial charge in [0.25, 0.3) is 5.91 Å². The molecule has 8 heteroatoms. The smallest absolute Gasteiger partial charge is 0.315 e. The Hall–Kier alpha value is -1.79.